The van der Waals surface area contributed by atoms with Gasteiger partial charge < -0.3 is 34.3 Å². The van der Waals surface area contributed by atoms with Gasteiger partial charge in [0.2, 0.25) is 0 Å². The van der Waals surface area contributed by atoms with Crippen molar-refractivity contribution in [2.24, 2.45) is 0 Å². The van der Waals surface area contributed by atoms with Crippen molar-refractivity contribution in [2.45, 2.75) is 57.8 Å². The number of aliphatic hydroxyl groups excluding tert-OH is 1. The molecule has 48 heavy (non-hydrogen) atoms. The number of hydrogen-bond donors (Lipinski definition) is 3. The summed E-state index contributed by atoms with van der Waals surface area (Å²) in [6.45, 7) is 7.52. The van der Waals surface area contributed by atoms with Gasteiger partial charge >= 0.3 is 0 Å². The smallest absolute Gasteiger partial charge is 0.196 e. The lowest BCUT2D eigenvalue weighted by atomic mass is 9.89. The van der Waals surface area contributed by atoms with Crippen LogP contribution < -0.4 is 18.9 Å². The molecule has 6 rings (SSSR count). The van der Waals surface area contributed by atoms with Crippen molar-refractivity contribution in [1.82, 2.24) is 0 Å². The van der Waals surface area contributed by atoms with Crippen molar-refractivity contribution in [3.8, 4) is 34.5 Å². The monoisotopic (exact) mass is 652 g/mol. The van der Waals surface area contributed by atoms with Gasteiger partial charge in [-0.2, -0.15) is 0 Å². The molecular formula is C39H40O9. The second-order valence-electron chi connectivity index (χ2n) is 12.8. The third-order valence-electron chi connectivity index (χ3n) is 8.37. The fraction of sp³-hybridized carbons (Fsp3) is 0.282. The molecule has 1 atom stereocenters. The normalized spacial score (nSPS) is 16.5. The molecule has 0 saturated carbocycles. The van der Waals surface area contributed by atoms with E-state index in [1.54, 1.807) is 63.4 Å². The van der Waals surface area contributed by atoms with Crippen LogP contribution in [0.5, 0.6) is 34.5 Å². The third-order valence-corrected chi connectivity index (χ3v) is 8.37. The number of ether oxygens (including phenoxy) is 4. The zero-order valence-corrected chi connectivity index (χ0v) is 27.9. The molecule has 9 heteroatoms. The second kappa shape index (κ2) is 13.4. The number of hydrogen-bond acceptors (Lipinski definition) is 9. The van der Waals surface area contributed by atoms with E-state index in [0.29, 0.717) is 46.1 Å². The topological polar surface area (TPSA) is 132 Å². The largest absolute Gasteiger partial charge is 0.507 e. The maximum absolute atomic E-state index is 13.1. The summed E-state index contributed by atoms with van der Waals surface area (Å²) in [5.41, 5.74) is 2.04. The number of aromatic hydroxyl groups is 2. The van der Waals surface area contributed by atoms with Gasteiger partial charge in [0.1, 0.15) is 45.7 Å². The first-order valence-corrected chi connectivity index (χ1v) is 15.5. The van der Waals surface area contributed by atoms with Crippen LogP contribution in [-0.4, -0.2) is 58.4 Å². The van der Waals surface area contributed by atoms with Gasteiger partial charge in [-0.3, -0.25) is 9.59 Å². The number of methoxy groups -OCH3 is 2. The van der Waals surface area contributed by atoms with Crippen molar-refractivity contribution in [1.29, 1.82) is 0 Å². The Morgan fingerprint density at radius 3 is 2.21 bits per heavy atom. The summed E-state index contributed by atoms with van der Waals surface area (Å²) in [4.78, 5) is 25.2. The van der Waals surface area contributed by atoms with Crippen LogP contribution in [0.3, 0.4) is 0 Å². The Bertz CT molecular complexity index is 1870. The molecule has 3 N–H and O–H groups in total. The van der Waals surface area contributed by atoms with Crippen molar-refractivity contribution in [2.75, 3.05) is 14.2 Å². The summed E-state index contributed by atoms with van der Waals surface area (Å²) in [7, 11) is 3.07. The predicted octanol–water partition coefficient (Wildman–Crippen LogP) is 6.72. The van der Waals surface area contributed by atoms with E-state index in [0.717, 1.165) is 5.56 Å². The first-order chi connectivity index (χ1) is 22.7. The molecule has 0 spiro atoms. The molecule has 0 aliphatic carbocycles. The van der Waals surface area contributed by atoms with Gasteiger partial charge in [0.15, 0.2) is 11.6 Å². The average molecular weight is 653 g/mol. The number of carbonyl (C=O) groups excluding carboxylic acids is 2. The van der Waals surface area contributed by atoms with Crippen molar-refractivity contribution in [3.63, 3.8) is 0 Å². The quantitative estimate of drug-likeness (QED) is 0.186. The minimum atomic E-state index is -0.758. The van der Waals surface area contributed by atoms with E-state index in [-0.39, 0.29) is 40.6 Å². The van der Waals surface area contributed by atoms with Gasteiger partial charge in [-0.25, -0.2) is 0 Å². The Hall–Kier alpha value is -5.28. The Labute approximate surface area is 280 Å². The molecule has 0 fully saturated rings. The highest BCUT2D eigenvalue weighted by atomic mass is 16.5. The van der Waals surface area contributed by atoms with Crippen LogP contribution in [-0.2, 0) is 12.8 Å². The van der Waals surface area contributed by atoms with Crippen molar-refractivity contribution in [3.05, 3.63) is 112 Å². The highest BCUT2D eigenvalue weighted by molar-refractivity contribution is 6.10. The zero-order chi connectivity index (χ0) is 34.8. The molecule has 1 unspecified atom stereocenters. The van der Waals surface area contributed by atoms with E-state index in [1.165, 1.54) is 19.2 Å². The van der Waals surface area contributed by atoms with Crippen LogP contribution in [0.25, 0.3) is 6.08 Å². The number of rotatable bonds is 7. The van der Waals surface area contributed by atoms with E-state index < -0.39 is 17.3 Å². The Balaban J connectivity index is 0.000000224. The first-order valence-electron chi connectivity index (χ1n) is 15.5. The van der Waals surface area contributed by atoms with Crippen molar-refractivity contribution >= 4 is 17.6 Å². The SMILES string of the molecule is COc1c(CC(=O)c2cc3c(cc2O)OC(C)(C)C(O)C3)ccc2c1C=CC(C)(C)O2.COc1ccc(C(=O)c2ccccc2)c(O)c1. The van der Waals surface area contributed by atoms with Gasteiger partial charge in [-0.15, -0.1) is 0 Å². The lowest BCUT2D eigenvalue weighted by Gasteiger charge is -2.37. The molecule has 0 amide bonds. The van der Waals surface area contributed by atoms with Crippen LogP contribution in [0.15, 0.2) is 78.9 Å². The second-order valence-corrected chi connectivity index (χ2v) is 12.8. The number of aliphatic hydroxyl groups is 1. The van der Waals surface area contributed by atoms with E-state index in [2.05, 4.69) is 0 Å². The standard InChI is InChI=1S/C25H28O6.C14H12O3/c1-24(2)9-8-16-20(30-24)7-6-14(23(16)29-5)11-18(26)17-10-15-12-22(28)25(3,4)31-21(15)13-19(17)27;1-17-11-7-8-12(13(15)9-11)14(16)10-5-3-2-4-6-10/h6-10,13,22,27-28H,11-12H2,1-5H3;2-9,15H,1H3. The number of fused-ring (bicyclic) bond motifs is 2. The first kappa shape index (κ1) is 34.1. The molecule has 9 nitrogen and oxygen atoms in total. The van der Waals surface area contributed by atoms with Gasteiger partial charge in [-0.05, 0) is 69.7 Å². The van der Waals surface area contributed by atoms with Crippen LogP contribution in [0.2, 0.25) is 0 Å². The highest BCUT2D eigenvalue weighted by Crippen LogP contribution is 2.41. The maximum atomic E-state index is 13.1. The Morgan fingerprint density at radius 2 is 1.54 bits per heavy atom. The minimum Gasteiger partial charge on any atom is -0.507 e. The molecule has 4 aromatic carbocycles. The number of benzene rings is 4. The molecule has 0 saturated heterocycles. The van der Waals surface area contributed by atoms with E-state index in [1.807, 2.05) is 44.2 Å². The summed E-state index contributed by atoms with van der Waals surface area (Å²) in [5.74, 6) is 1.62. The predicted molar refractivity (Wildman–Crippen MR) is 182 cm³/mol. The molecule has 2 aliphatic heterocycles. The zero-order valence-electron chi connectivity index (χ0n) is 27.9. The van der Waals surface area contributed by atoms with Crippen LogP contribution >= 0.6 is 0 Å². The molecule has 4 aromatic rings. The summed E-state index contributed by atoms with van der Waals surface area (Å²) < 4.78 is 22.4. The summed E-state index contributed by atoms with van der Waals surface area (Å²) in [5, 5.41) is 30.6. The molecule has 0 aromatic heterocycles. The number of ketones is 2. The van der Waals surface area contributed by atoms with E-state index >= 15 is 0 Å². The summed E-state index contributed by atoms with van der Waals surface area (Å²) in [6.07, 6.45) is 3.59. The lowest BCUT2D eigenvalue weighted by molar-refractivity contribution is -0.0412. The van der Waals surface area contributed by atoms with E-state index in [9.17, 15) is 24.9 Å². The number of Topliss-reactive ketones (excluding diaryl/α,β-unsaturated/α-hetero) is 1. The third kappa shape index (κ3) is 7.16. The summed E-state index contributed by atoms with van der Waals surface area (Å²) in [6, 6.07) is 20.2. The van der Waals surface area contributed by atoms with Gasteiger partial charge in [0.05, 0.1) is 37.0 Å². The summed E-state index contributed by atoms with van der Waals surface area (Å²) >= 11 is 0. The van der Waals surface area contributed by atoms with Crippen molar-refractivity contribution < 1.29 is 43.9 Å². The number of phenolic OH excluding ortho intramolecular Hbond substituents is 2. The van der Waals surface area contributed by atoms with Crippen LogP contribution in [0, 0.1) is 0 Å². The molecular weight excluding hydrogens is 612 g/mol. The Kier molecular flexibility index (Phi) is 9.54. The highest BCUT2D eigenvalue weighted by Gasteiger charge is 2.36. The fourth-order valence-corrected chi connectivity index (χ4v) is 5.60. The fourth-order valence-electron chi connectivity index (χ4n) is 5.60. The molecule has 0 bridgehead atoms. The molecule has 250 valence electrons. The molecule has 0 radical (unpaired) electrons. The maximum Gasteiger partial charge on any atom is 0.196 e. The average Bonchev–Trinajstić information content (AvgIpc) is 3.05. The van der Waals surface area contributed by atoms with Gasteiger partial charge in [-0.1, -0.05) is 36.4 Å². The van der Waals surface area contributed by atoms with Gasteiger partial charge in [0, 0.05) is 36.1 Å². The molecule has 2 aliphatic rings. The van der Waals surface area contributed by atoms with Crippen LogP contribution in [0.4, 0.5) is 0 Å². The Morgan fingerprint density at radius 1 is 0.833 bits per heavy atom. The lowest BCUT2D eigenvalue weighted by Crippen LogP contribution is -2.46. The number of phenols is 2. The minimum absolute atomic E-state index is 0.0505. The van der Waals surface area contributed by atoms with Gasteiger partial charge in [0.25, 0.3) is 0 Å². The molecule has 2 heterocycles. The number of carbonyl (C=O) groups is 2. The van der Waals surface area contributed by atoms with E-state index in [4.69, 9.17) is 18.9 Å². The van der Waals surface area contributed by atoms with Crippen LogP contribution in [0.1, 0.15) is 70.7 Å².